The first-order valence-electron chi connectivity index (χ1n) is 2.12. The summed E-state index contributed by atoms with van der Waals surface area (Å²) in [6, 6.07) is 3.27. The summed E-state index contributed by atoms with van der Waals surface area (Å²) in [5.74, 6) is 0. The van der Waals surface area contributed by atoms with Crippen molar-refractivity contribution in [1.29, 1.82) is 0 Å². The molecular weight excluding hydrogens is 143 g/mol. The Kier molecular flexibility index (Phi) is 1.91. The van der Waals surface area contributed by atoms with Crippen molar-refractivity contribution in [2.45, 2.75) is 4.21 Å². The van der Waals surface area contributed by atoms with Crippen LogP contribution in [0.15, 0.2) is 16.3 Å². The minimum absolute atomic E-state index is 0.102. The SMILES string of the molecule is CSc1ccc(F)s1. The number of thiophene rings is 1. The van der Waals surface area contributed by atoms with E-state index >= 15 is 0 Å². The Morgan fingerprint density at radius 2 is 2.38 bits per heavy atom. The molecule has 0 aliphatic heterocycles. The molecule has 0 radical (unpaired) electrons. The Morgan fingerprint density at radius 3 is 2.62 bits per heavy atom. The minimum Gasteiger partial charge on any atom is -0.195 e. The monoisotopic (exact) mass is 148 g/mol. The van der Waals surface area contributed by atoms with Crippen molar-refractivity contribution in [1.82, 2.24) is 0 Å². The van der Waals surface area contributed by atoms with Crippen LogP contribution in [0.25, 0.3) is 0 Å². The van der Waals surface area contributed by atoms with Gasteiger partial charge in [-0.05, 0) is 18.4 Å². The smallest absolute Gasteiger partial charge is 0.177 e. The third-order valence-corrected chi connectivity index (χ3v) is 2.71. The molecule has 0 unspecified atom stereocenters. The van der Waals surface area contributed by atoms with Gasteiger partial charge in [0.2, 0.25) is 0 Å². The summed E-state index contributed by atoms with van der Waals surface area (Å²) < 4.78 is 13.1. The number of rotatable bonds is 1. The lowest BCUT2D eigenvalue weighted by Crippen LogP contribution is -1.46. The normalized spacial score (nSPS) is 9.75. The second kappa shape index (κ2) is 2.51. The van der Waals surface area contributed by atoms with Crippen molar-refractivity contribution in [2.24, 2.45) is 0 Å². The van der Waals surface area contributed by atoms with Crippen molar-refractivity contribution in [3.63, 3.8) is 0 Å². The molecule has 0 amide bonds. The van der Waals surface area contributed by atoms with Crippen LogP contribution in [-0.4, -0.2) is 6.26 Å². The average Bonchev–Trinajstić information content (AvgIpc) is 2.14. The van der Waals surface area contributed by atoms with Crippen LogP contribution >= 0.6 is 23.1 Å². The molecule has 1 aromatic heterocycles. The van der Waals surface area contributed by atoms with Gasteiger partial charge in [0, 0.05) is 0 Å². The topological polar surface area (TPSA) is 0 Å². The summed E-state index contributed by atoms with van der Waals surface area (Å²) in [5, 5.41) is -0.102. The van der Waals surface area contributed by atoms with E-state index in [-0.39, 0.29) is 5.13 Å². The Balaban J connectivity index is 2.84. The van der Waals surface area contributed by atoms with Crippen LogP contribution in [0.2, 0.25) is 0 Å². The minimum atomic E-state index is -0.102. The molecule has 0 fully saturated rings. The summed E-state index contributed by atoms with van der Waals surface area (Å²) in [6.07, 6.45) is 1.94. The van der Waals surface area contributed by atoms with E-state index in [9.17, 15) is 4.39 Å². The van der Waals surface area contributed by atoms with E-state index < -0.39 is 0 Å². The zero-order chi connectivity index (χ0) is 5.98. The molecule has 1 rings (SSSR count). The maximum atomic E-state index is 12.1. The van der Waals surface area contributed by atoms with Crippen LogP contribution in [0.1, 0.15) is 0 Å². The molecule has 3 heteroatoms. The number of hydrogen-bond acceptors (Lipinski definition) is 2. The van der Waals surface area contributed by atoms with E-state index in [4.69, 9.17) is 0 Å². The Hall–Kier alpha value is -0.0200. The number of thioether (sulfide) groups is 1. The third-order valence-electron chi connectivity index (χ3n) is 0.750. The van der Waals surface area contributed by atoms with Gasteiger partial charge in [-0.2, -0.15) is 4.39 Å². The molecule has 0 saturated carbocycles. The fourth-order valence-corrected chi connectivity index (χ4v) is 1.65. The fourth-order valence-electron chi connectivity index (χ4n) is 0.407. The van der Waals surface area contributed by atoms with Crippen LogP contribution in [0.3, 0.4) is 0 Å². The first-order chi connectivity index (χ1) is 3.83. The molecule has 0 aliphatic rings. The van der Waals surface area contributed by atoms with Crippen LogP contribution in [0.4, 0.5) is 4.39 Å². The molecule has 0 nitrogen and oxygen atoms in total. The quantitative estimate of drug-likeness (QED) is 0.552. The van der Waals surface area contributed by atoms with Gasteiger partial charge in [0.05, 0.1) is 4.21 Å². The summed E-state index contributed by atoms with van der Waals surface area (Å²) in [7, 11) is 0. The molecule has 0 saturated heterocycles. The second-order valence-corrected chi connectivity index (χ2v) is 3.40. The molecule has 8 heavy (non-hydrogen) atoms. The van der Waals surface area contributed by atoms with Crippen molar-refractivity contribution in [2.75, 3.05) is 6.26 Å². The first kappa shape index (κ1) is 6.11. The van der Waals surface area contributed by atoms with E-state index in [0.29, 0.717) is 0 Å². The fraction of sp³-hybridized carbons (Fsp3) is 0.200. The van der Waals surface area contributed by atoms with Gasteiger partial charge in [-0.25, -0.2) is 0 Å². The van der Waals surface area contributed by atoms with Crippen molar-refractivity contribution < 1.29 is 4.39 Å². The average molecular weight is 148 g/mol. The predicted octanol–water partition coefficient (Wildman–Crippen LogP) is 2.61. The standard InChI is InChI=1S/C5H5FS2/c1-7-5-3-2-4(6)8-5/h2-3H,1H3. The van der Waals surface area contributed by atoms with E-state index in [1.54, 1.807) is 17.8 Å². The van der Waals surface area contributed by atoms with Crippen LogP contribution < -0.4 is 0 Å². The lowest BCUT2D eigenvalue weighted by molar-refractivity contribution is 0.657. The summed E-state index contributed by atoms with van der Waals surface area (Å²) in [6.45, 7) is 0. The summed E-state index contributed by atoms with van der Waals surface area (Å²) >= 11 is 2.75. The van der Waals surface area contributed by atoms with Crippen LogP contribution in [-0.2, 0) is 0 Å². The maximum Gasteiger partial charge on any atom is 0.177 e. The van der Waals surface area contributed by atoms with Gasteiger partial charge in [0.1, 0.15) is 0 Å². The van der Waals surface area contributed by atoms with Gasteiger partial charge in [-0.3, -0.25) is 0 Å². The van der Waals surface area contributed by atoms with E-state index in [2.05, 4.69) is 0 Å². The van der Waals surface area contributed by atoms with Gasteiger partial charge in [-0.1, -0.05) is 11.3 Å². The highest BCUT2D eigenvalue weighted by molar-refractivity contribution is 8.00. The zero-order valence-electron chi connectivity index (χ0n) is 4.35. The number of hydrogen-bond donors (Lipinski definition) is 0. The Bertz CT molecular complexity index is 171. The van der Waals surface area contributed by atoms with Gasteiger partial charge in [-0.15, -0.1) is 11.8 Å². The van der Waals surface area contributed by atoms with Crippen LogP contribution in [0, 0.1) is 5.13 Å². The van der Waals surface area contributed by atoms with E-state index in [0.717, 1.165) is 4.21 Å². The Morgan fingerprint density at radius 1 is 1.62 bits per heavy atom. The third kappa shape index (κ3) is 1.23. The molecule has 0 spiro atoms. The van der Waals surface area contributed by atoms with Gasteiger partial charge in [0.15, 0.2) is 5.13 Å². The van der Waals surface area contributed by atoms with Gasteiger partial charge < -0.3 is 0 Å². The Labute approximate surface area is 55.7 Å². The molecule has 1 aromatic rings. The molecule has 0 aromatic carbocycles. The molecular formula is C5H5FS2. The van der Waals surface area contributed by atoms with Crippen LogP contribution in [0.5, 0.6) is 0 Å². The van der Waals surface area contributed by atoms with Crippen molar-refractivity contribution in [3.05, 3.63) is 17.3 Å². The predicted molar refractivity (Wildman–Crippen MR) is 36.1 cm³/mol. The highest BCUT2D eigenvalue weighted by Crippen LogP contribution is 2.23. The van der Waals surface area contributed by atoms with Gasteiger partial charge >= 0.3 is 0 Å². The molecule has 1 heterocycles. The highest BCUT2D eigenvalue weighted by Gasteiger charge is 1.93. The molecule has 44 valence electrons. The largest absolute Gasteiger partial charge is 0.195 e. The second-order valence-electron chi connectivity index (χ2n) is 1.26. The molecule has 0 atom stereocenters. The van der Waals surface area contributed by atoms with E-state index in [1.165, 1.54) is 17.4 Å². The molecule has 0 aliphatic carbocycles. The summed E-state index contributed by atoms with van der Waals surface area (Å²) in [4.78, 5) is 0. The zero-order valence-corrected chi connectivity index (χ0v) is 5.98. The number of halogens is 1. The first-order valence-corrected chi connectivity index (χ1v) is 4.16. The lowest BCUT2D eigenvalue weighted by atomic mass is 10.7. The lowest BCUT2D eigenvalue weighted by Gasteiger charge is -1.79. The van der Waals surface area contributed by atoms with Crippen molar-refractivity contribution in [3.8, 4) is 0 Å². The summed E-state index contributed by atoms with van der Waals surface area (Å²) in [5.41, 5.74) is 0. The van der Waals surface area contributed by atoms with Crippen molar-refractivity contribution >= 4 is 23.1 Å². The maximum absolute atomic E-state index is 12.1. The molecule has 0 N–H and O–H groups in total. The van der Waals surface area contributed by atoms with Gasteiger partial charge in [0.25, 0.3) is 0 Å². The molecule has 0 bridgehead atoms. The highest BCUT2D eigenvalue weighted by atomic mass is 32.2. The van der Waals surface area contributed by atoms with E-state index in [1.807, 2.05) is 6.26 Å².